The van der Waals surface area contributed by atoms with E-state index in [1.54, 1.807) is 26.8 Å². The minimum absolute atomic E-state index is 0. The molecular formula is C19H26IN3O3S. The number of guanidine groups is 1. The van der Waals surface area contributed by atoms with Crippen molar-refractivity contribution in [2.45, 2.75) is 25.5 Å². The Morgan fingerprint density at radius 1 is 1.07 bits per heavy atom. The third kappa shape index (κ3) is 7.37. The van der Waals surface area contributed by atoms with E-state index < -0.39 is 14.6 Å². The number of benzene rings is 2. The van der Waals surface area contributed by atoms with Gasteiger partial charge >= 0.3 is 0 Å². The zero-order valence-corrected chi connectivity index (χ0v) is 18.8. The predicted octanol–water partition coefficient (Wildman–Crippen LogP) is 4.04. The van der Waals surface area contributed by atoms with E-state index in [4.69, 9.17) is 10.5 Å². The first-order valence-corrected chi connectivity index (χ1v) is 9.95. The third-order valence-corrected chi connectivity index (χ3v) is 6.25. The SMILES string of the molecule is CC(C)(C)S(=O)(=O)CCN=C(N)Nc1cccc(Oc2ccccc2)c1.I. The number of anilines is 1. The van der Waals surface area contributed by atoms with Crippen molar-refractivity contribution in [2.24, 2.45) is 10.7 Å². The highest BCUT2D eigenvalue weighted by atomic mass is 127. The number of nitrogens with two attached hydrogens (primary N) is 1. The molecule has 0 radical (unpaired) electrons. The zero-order chi connectivity index (χ0) is 19.2. The molecule has 0 saturated carbocycles. The number of rotatable bonds is 6. The highest BCUT2D eigenvalue weighted by Gasteiger charge is 2.28. The van der Waals surface area contributed by atoms with E-state index in [1.807, 2.05) is 48.5 Å². The largest absolute Gasteiger partial charge is 0.457 e. The fourth-order valence-electron chi connectivity index (χ4n) is 2.04. The van der Waals surface area contributed by atoms with Crippen LogP contribution >= 0.6 is 24.0 Å². The Labute approximate surface area is 178 Å². The molecule has 0 unspecified atom stereocenters. The summed E-state index contributed by atoms with van der Waals surface area (Å²) in [5, 5.41) is 2.95. The molecule has 0 aromatic heterocycles. The van der Waals surface area contributed by atoms with Crippen molar-refractivity contribution in [1.82, 2.24) is 0 Å². The van der Waals surface area contributed by atoms with Crippen LogP contribution in [-0.2, 0) is 9.84 Å². The van der Waals surface area contributed by atoms with Crippen molar-refractivity contribution in [3.8, 4) is 11.5 Å². The molecule has 2 rings (SSSR count). The second kappa shape index (κ2) is 9.93. The summed E-state index contributed by atoms with van der Waals surface area (Å²) < 4.78 is 29.1. The average Bonchev–Trinajstić information content (AvgIpc) is 2.55. The van der Waals surface area contributed by atoms with Gasteiger partial charge in [0.1, 0.15) is 11.5 Å². The maximum atomic E-state index is 12.1. The van der Waals surface area contributed by atoms with Crippen LogP contribution in [0.25, 0.3) is 0 Å². The van der Waals surface area contributed by atoms with Gasteiger partial charge in [-0.3, -0.25) is 4.99 Å². The summed E-state index contributed by atoms with van der Waals surface area (Å²) in [6.07, 6.45) is 0. The van der Waals surface area contributed by atoms with Gasteiger partial charge < -0.3 is 15.8 Å². The first-order valence-electron chi connectivity index (χ1n) is 8.29. The standard InChI is InChI=1S/C19H25N3O3S.HI/c1-19(2,3)26(23,24)13-12-21-18(20)22-15-8-7-11-17(14-15)25-16-9-5-4-6-10-16;/h4-11,14H,12-13H2,1-3H3,(H3,20,21,22);1H. The number of sulfone groups is 1. The molecule has 0 aliphatic carbocycles. The molecule has 6 nitrogen and oxygen atoms in total. The molecule has 148 valence electrons. The number of nitrogens with one attached hydrogen (secondary N) is 1. The average molecular weight is 503 g/mol. The van der Waals surface area contributed by atoms with Crippen molar-refractivity contribution in [3.05, 3.63) is 54.6 Å². The fraction of sp³-hybridized carbons (Fsp3) is 0.316. The Bertz CT molecular complexity index is 863. The van der Waals surface area contributed by atoms with Gasteiger partial charge in [-0.15, -0.1) is 24.0 Å². The van der Waals surface area contributed by atoms with Crippen molar-refractivity contribution in [3.63, 3.8) is 0 Å². The molecule has 27 heavy (non-hydrogen) atoms. The predicted molar refractivity (Wildman–Crippen MR) is 122 cm³/mol. The first-order chi connectivity index (χ1) is 12.2. The number of ether oxygens (including phenoxy) is 1. The Morgan fingerprint density at radius 3 is 2.33 bits per heavy atom. The molecule has 2 aromatic carbocycles. The van der Waals surface area contributed by atoms with E-state index in [0.29, 0.717) is 11.4 Å². The van der Waals surface area contributed by atoms with E-state index in [0.717, 1.165) is 5.75 Å². The zero-order valence-electron chi connectivity index (χ0n) is 15.7. The number of halogens is 1. The van der Waals surface area contributed by atoms with Crippen LogP contribution in [0.5, 0.6) is 11.5 Å². The lowest BCUT2D eigenvalue weighted by molar-refractivity contribution is 0.483. The van der Waals surface area contributed by atoms with Crippen molar-refractivity contribution >= 4 is 45.5 Å². The van der Waals surface area contributed by atoms with E-state index in [9.17, 15) is 8.42 Å². The van der Waals surface area contributed by atoms with E-state index in [-0.39, 0.29) is 42.2 Å². The molecule has 8 heteroatoms. The summed E-state index contributed by atoms with van der Waals surface area (Å²) in [5.41, 5.74) is 6.56. The smallest absolute Gasteiger partial charge is 0.193 e. The number of hydrogen-bond acceptors (Lipinski definition) is 4. The highest BCUT2D eigenvalue weighted by molar-refractivity contribution is 14.0. The van der Waals surface area contributed by atoms with Gasteiger partial charge in [-0.25, -0.2) is 8.42 Å². The molecule has 0 heterocycles. The van der Waals surface area contributed by atoms with Gasteiger partial charge in [0, 0.05) is 11.8 Å². The topological polar surface area (TPSA) is 93.8 Å². The summed E-state index contributed by atoms with van der Waals surface area (Å²) in [6, 6.07) is 16.7. The number of hydrogen-bond donors (Lipinski definition) is 2. The minimum atomic E-state index is -3.22. The maximum absolute atomic E-state index is 12.1. The quantitative estimate of drug-likeness (QED) is 0.353. The van der Waals surface area contributed by atoms with Crippen LogP contribution in [0.2, 0.25) is 0 Å². The maximum Gasteiger partial charge on any atom is 0.193 e. The highest BCUT2D eigenvalue weighted by Crippen LogP contribution is 2.23. The Hall–Kier alpha value is -1.81. The van der Waals surface area contributed by atoms with Gasteiger partial charge in [0.25, 0.3) is 0 Å². The lowest BCUT2D eigenvalue weighted by Gasteiger charge is -2.18. The van der Waals surface area contributed by atoms with Crippen LogP contribution in [0.4, 0.5) is 5.69 Å². The van der Waals surface area contributed by atoms with Gasteiger partial charge in [-0.05, 0) is 45.0 Å². The van der Waals surface area contributed by atoms with Crippen molar-refractivity contribution in [2.75, 3.05) is 17.6 Å². The molecule has 0 bridgehead atoms. The Morgan fingerprint density at radius 2 is 1.70 bits per heavy atom. The van der Waals surface area contributed by atoms with Crippen molar-refractivity contribution in [1.29, 1.82) is 0 Å². The van der Waals surface area contributed by atoms with Gasteiger partial charge in [0.05, 0.1) is 17.0 Å². The van der Waals surface area contributed by atoms with Crippen LogP contribution in [0, 0.1) is 0 Å². The molecule has 0 amide bonds. The van der Waals surface area contributed by atoms with E-state index >= 15 is 0 Å². The van der Waals surface area contributed by atoms with Crippen LogP contribution < -0.4 is 15.8 Å². The van der Waals surface area contributed by atoms with Crippen LogP contribution in [0.15, 0.2) is 59.6 Å². The second-order valence-corrected chi connectivity index (χ2v) is 9.63. The monoisotopic (exact) mass is 503 g/mol. The second-order valence-electron chi connectivity index (χ2n) is 6.77. The summed E-state index contributed by atoms with van der Waals surface area (Å²) in [7, 11) is -3.22. The van der Waals surface area contributed by atoms with Crippen LogP contribution in [-0.4, -0.2) is 31.4 Å². The van der Waals surface area contributed by atoms with Gasteiger partial charge in [-0.2, -0.15) is 0 Å². The van der Waals surface area contributed by atoms with E-state index in [2.05, 4.69) is 10.3 Å². The van der Waals surface area contributed by atoms with Crippen molar-refractivity contribution < 1.29 is 13.2 Å². The first kappa shape index (κ1) is 23.2. The van der Waals surface area contributed by atoms with Crippen LogP contribution in [0.1, 0.15) is 20.8 Å². The minimum Gasteiger partial charge on any atom is -0.457 e. The van der Waals surface area contributed by atoms with Crippen LogP contribution in [0.3, 0.4) is 0 Å². The molecule has 0 fully saturated rings. The molecular weight excluding hydrogens is 477 g/mol. The number of aliphatic imine (C=N–C) groups is 1. The molecule has 0 spiro atoms. The number of para-hydroxylation sites is 1. The molecule has 0 saturated heterocycles. The van der Waals surface area contributed by atoms with Gasteiger partial charge in [0.2, 0.25) is 0 Å². The molecule has 2 aromatic rings. The summed E-state index contributed by atoms with van der Waals surface area (Å²) in [5.74, 6) is 1.50. The lowest BCUT2D eigenvalue weighted by Crippen LogP contribution is -2.32. The van der Waals surface area contributed by atoms with E-state index in [1.165, 1.54) is 0 Å². The molecule has 0 aliphatic rings. The summed E-state index contributed by atoms with van der Waals surface area (Å²) in [4.78, 5) is 4.10. The summed E-state index contributed by atoms with van der Waals surface area (Å²) >= 11 is 0. The number of nitrogens with zero attached hydrogens (tertiary/aromatic N) is 1. The van der Waals surface area contributed by atoms with Gasteiger partial charge in [-0.1, -0.05) is 24.3 Å². The summed E-state index contributed by atoms with van der Waals surface area (Å²) in [6.45, 7) is 5.13. The third-order valence-electron chi connectivity index (χ3n) is 3.66. The fourth-order valence-corrected chi connectivity index (χ4v) is 2.99. The van der Waals surface area contributed by atoms with Gasteiger partial charge in [0.15, 0.2) is 15.8 Å². The molecule has 0 aliphatic heterocycles. The Balaban J connectivity index is 0.00000364. The Kier molecular flexibility index (Phi) is 8.55. The molecule has 3 N–H and O–H groups in total. The normalized spacial score (nSPS) is 12.2. The lowest BCUT2D eigenvalue weighted by atomic mass is 10.3. The molecule has 0 atom stereocenters.